The number of rotatable bonds is 2. The number of esters is 2. The molecule has 3 aliphatic rings. The third-order valence-corrected chi connectivity index (χ3v) is 6.59. The van der Waals surface area contributed by atoms with Gasteiger partial charge in [-0.25, -0.2) is 14.4 Å². The fourth-order valence-corrected chi connectivity index (χ4v) is 4.92. The van der Waals surface area contributed by atoms with E-state index in [0.29, 0.717) is 21.1 Å². The standard InChI is InChI=1S/C25H21N3O8/c1-26-22(31)25(23(32)27(2)24(26)33)17(20(29)34-3)18(21(30)35-4)28-16-12-8-7-10-14(16)13-9-5-6-11-15(13)19(28)36-25/h5-12,19H,1-4H3. The number of amides is 4. The van der Waals surface area contributed by atoms with Crippen LogP contribution < -0.4 is 4.90 Å². The second-order valence-corrected chi connectivity index (χ2v) is 8.34. The summed E-state index contributed by atoms with van der Waals surface area (Å²) in [5.74, 6) is -4.43. The minimum atomic E-state index is -2.69. The Kier molecular flexibility index (Phi) is 5.18. The van der Waals surface area contributed by atoms with E-state index in [4.69, 9.17) is 14.2 Å². The number of carbonyl (C=O) groups is 5. The zero-order valence-electron chi connectivity index (χ0n) is 19.8. The summed E-state index contributed by atoms with van der Waals surface area (Å²) in [5, 5.41) is 0. The quantitative estimate of drug-likeness (QED) is 0.455. The van der Waals surface area contributed by atoms with Gasteiger partial charge < -0.3 is 19.1 Å². The van der Waals surface area contributed by atoms with Crippen molar-refractivity contribution in [2.24, 2.45) is 0 Å². The molecule has 0 saturated carbocycles. The van der Waals surface area contributed by atoms with Gasteiger partial charge in [0.1, 0.15) is 11.3 Å². The first-order chi connectivity index (χ1) is 17.2. The lowest BCUT2D eigenvalue weighted by molar-refractivity contribution is -0.182. The Morgan fingerprint density at radius 3 is 2.00 bits per heavy atom. The molecule has 0 N–H and O–H groups in total. The number of para-hydroxylation sites is 1. The van der Waals surface area contributed by atoms with E-state index in [0.717, 1.165) is 39.4 Å². The lowest BCUT2D eigenvalue weighted by Gasteiger charge is -2.51. The number of urea groups is 1. The molecule has 0 aromatic heterocycles. The SMILES string of the molecule is COC(=O)C1=C(C(=O)OC)C2(OC3c4ccccc4-c4ccccc4N13)C(=O)N(C)C(=O)N(C)C2=O. The second-order valence-electron chi connectivity index (χ2n) is 8.34. The molecule has 5 rings (SSSR count). The molecular weight excluding hydrogens is 470 g/mol. The molecule has 3 heterocycles. The number of imide groups is 2. The zero-order valence-corrected chi connectivity index (χ0v) is 19.8. The topological polar surface area (TPSA) is 123 Å². The Morgan fingerprint density at radius 1 is 0.833 bits per heavy atom. The van der Waals surface area contributed by atoms with Crippen molar-refractivity contribution in [2.45, 2.75) is 11.8 Å². The molecule has 11 nitrogen and oxygen atoms in total. The van der Waals surface area contributed by atoms with E-state index in [9.17, 15) is 24.0 Å². The van der Waals surface area contributed by atoms with Gasteiger partial charge in [-0.3, -0.25) is 19.4 Å². The van der Waals surface area contributed by atoms with Gasteiger partial charge >= 0.3 is 18.0 Å². The molecule has 0 aliphatic carbocycles. The molecular formula is C25H21N3O8. The average molecular weight is 491 g/mol. The molecule has 1 spiro atoms. The largest absolute Gasteiger partial charge is 0.465 e. The van der Waals surface area contributed by atoms with Crippen molar-refractivity contribution in [3.05, 3.63) is 65.4 Å². The van der Waals surface area contributed by atoms with Crippen molar-refractivity contribution in [3.63, 3.8) is 0 Å². The average Bonchev–Trinajstić information content (AvgIpc) is 2.92. The van der Waals surface area contributed by atoms with Crippen LogP contribution in [-0.4, -0.2) is 73.5 Å². The van der Waals surface area contributed by atoms with Gasteiger partial charge in [-0.15, -0.1) is 0 Å². The first-order valence-electron chi connectivity index (χ1n) is 10.9. The summed E-state index contributed by atoms with van der Waals surface area (Å²) in [6.45, 7) is 0. The summed E-state index contributed by atoms with van der Waals surface area (Å²) in [5.41, 5.74) is -1.29. The third kappa shape index (κ3) is 2.80. The minimum Gasteiger partial charge on any atom is -0.465 e. The summed E-state index contributed by atoms with van der Waals surface area (Å²) < 4.78 is 16.3. The van der Waals surface area contributed by atoms with Gasteiger partial charge in [-0.2, -0.15) is 0 Å². The predicted molar refractivity (Wildman–Crippen MR) is 123 cm³/mol. The van der Waals surface area contributed by atoms with Crippen LogP contribution in [0.1, 0.15) is 11.8 Å². The fourth-order valence-electron chi connectivity index (χ4n) is 4.92. The highest BCUT2D eigenvalue weighted by molar-refractivity contribution is 6.28. The predicted octanol–water partition coefficient (Wildman–Crippen LogP) is 1.59. The molecule has 0 radical (unpaired) electrons. The Bertz CT molecular complexity index is 1370. The number of carbonyl (C=O) groups excluding carboxylic acids is 5. The minimum absolute atomic E-state index is 0.402. The van der Waals surface area contributed by atoms with Crippen LogP contribution in [-0.2, 0) is 33.4 Å². The number of hydrogen-bond donors (Lipinski definition) is 0. The lowest BCUT2D eigenvalue weighted by atomic mass is 9.82. The van der Waals surface area contributed by atoms with E-state index in [1.165, 1.54) is 4.90 Å². The van der Waals surface area contributed by atoms with Crippen molar-refractivity contribution in [2.75, 3.05) is 33.2 Å². The van der Waals surface area contributed by atoms with E-state index in [2.05, 4.69) is 0 Å². The van der Waals surface area contributed by atoms with Crippen LogP contribution in [0.2, 0.25) is 0 Å². The van der Waals surface area contributed by atoms with Crippen molar-refractivity contribution in [1.29, 1.82) is 0 Å². The van der Waals surface area contributed by atoms with Gasteiger partial charge in [-0.05, 0) is 11.6 Å². The number of ether oxygens (including phenoxy) is 3. The van der Waals surface area contributed by atoms with Crippen LogP contribution in [0.3, 0.4) is 0 Å². The van der Waals surface area contributed by atoms with Crippen molar-refractivity contribution in [3.8, 4) is 11.1 Å². The summed E-state index contributed by atoms with van der Waals surface area (Å²) in [7, 11) is 4.46. The van der Waals surface area contributed by atoms with E-state index in [1.807, 2.05) is 24.3 Å². The Morgan fingerprint density at radius 2 is 1.39 bits per heavy atom. The summed E-state index contributed by atoms with van der Waals surface area (Å²) >= 11 is 0. The van der Waals surface area contributed by atoms with Crippen LogP contribution in [0.4, 0.5) is 10.5 Å². The summed E-state index contributed by atoms with van der Waals surface area (Å²) in [4.78, 5) is 69.3. The first kappa shape index (κ1) is 23.2. The highest BCUT2D eigenvalue weighted by atomic mass is 16.6. The number of methoxy groups -OCH3 is 2. The molecule has 1 saturated heterocycles. The molecule has 36 heavy (non-hydrogen) atoms. The fraction of sp³-hybridized carbons (Fsp3) is 0.240. The molecule has 0 bridgehead atoms. The normalized spacial score (nSPS) is 20.2. The molecule has 1 atom stereocenters. The molecule has 1 unspecified atom stereocenters. The van der Waals surface area contributed by atoms with Crippen LogP contribution in [0.15, 0.2) is 59.8 Å². The second kappa shape index (κ2) is 8.02. The Labute approximate surface area is 205 Å². The van der Waals surface area contributed by atoms with Gasteiger partial charge in [0.25, 0.3) is 17.4 Å². The van der Waals surface area contributed by atoms with Gasteiger partial charge in [0, 0.05) is 25.2 Å². The molecule has 2 aromatic rings. The molecule has 4 amide bonds. The van der Waals surface area contributed by atoms with Gasteiger partial charge in [0.15, 0.2) is 6.23 Å². The smallest absolute Gasteiger partial charge is 0.355 e. The van der Waals surface area contributed by atoms with E-state index in [1.54, 1.807) is 24.3 Å². The van der Waals surface area contributed by atoms with E-state index < -0.39 is 52.9 Å². The molecule has 3 aliphatic heterocycles. The van der Waals surface area contributed by atoms with Crippen LogP contribution >= 0.6 is 0 Å². The van der Waals surface area contributed by atoms with Gasteiger partial charge in [0.05, 0.1) is 19.9 Å². The van der Waals surface area contributed by atoms with Crippen LogP contribution in [0.5, 0.6) is 0 Å². The third-order valence-electron chi connectivity index (χ3n) is 6.59. The molecule has 2 aromatic carbocycles. The first-order valence-corrected chi connectivity index (χ1v) is 10.9. The Hall–Kier alpha value is -4.51. The summed E-state index contributed by atoms with van der Waals surface area (Å²) in [6, 6.07) is 13.3. The maximum atomic E-state index is 13.7. The van der Waals surface area contributed by atoms with Crippen molar-refractivity contribution in [1.82, 2.24) is 9.80 Å². The van der Waals surface area contributed by atoms with Gasteiger partial charge in [0.2, 0.25) is 0 Å². The van der Waals surface area contributed by atoms with Gasteiger partial charge in [-0.1, -0.05) is 42.5 Å². The number of nitrogens with zero attached hydrogens (tertiary/aromatic N) is 3. The monoisotopic (exact) mass is 491 g/mol. The molecule has 1 fully saturated rings. The summed E-state index contributed by atoms with van der Waals surface area (Å²) in [6.07, 6.45) is -1.21. The highest BCUT2D eigenvalue weighted by Gasteiger charge is 2.67. The zero-order chi connectivity index (χ0) is 25.9. The number of likely N-dealkylation sites (N-methyl/N-ethyl adjacent to an activating group) is 2. The number of benzene rings is 2. The van der Waals surface area contributed by atoms with Crippen molar-refractivity contribution < 1.29 is 38.2 Å². The van der Waals surface area contributed by atoms with Crippen molar-refractivity contribution >= 4 is 35.5 Å². The maximum absolute atomic E-state index is 13.7. The lowest BCUT2D eigenvalue weighted by Crippen LogP contribution is -2.72. The van der Waals surface area contributed by atoms with E-state index >= 15 is 0 Å². The van der Waals surface area contributed by atoms with E-state index in [-0.39, 0.29) is 0 Å². The molecule has 11 heteroatoms. The van der Waals surface area contributed by atoms with Crippen LogP contribution in [0.25, 0.3) is 11.1 Å². The number of anilines is 1. The number of barbiturate groups is 1. The maximum Gasteiger partial charge on any atom is 0.355 e. The molecule has 184 valence electrons. The highest BCUT2D eigenvalue weighted by Crippen LogP contribution is 2.53. The van der Waals surface area contributed by atoms with Crippen LogP contribution in [0, 0.1) is 0 Å². The number of fused-ring (bicyclic) bond motifs is 6. The number of hydrogen-bond acceptors (Lipinski definition) is 9. The Balaban J connectivity index is 1.93.